The van der Waals surface area contributed by atoms with Gasteiger partial charge in [0.25, 0.3) is 0 Å². The van der Waals surface area contributed by atoms with Crippen molar-refractivity contribution in [1.82, 2.24) is 0 Å². The molecular weight excluding hydrogens is 102 g/mol. The van der Waals surface area contributed by atoms with Crippen molar-refractivity contribution >= 4 is 5.71 Å². The molecule has 0 aromatic rings. The number of nitrogens with two attached hydrogens (primary N) is 1. The maximum atomic E-state index is 7.13. The van der Waals surface area contributed by atoms with Crippen molar-refractivity contribution in [2.45, 2.75) is 6.92 Å². The minimum atomic E-state index is 0.204. The monoisotopic (exact) mass is 116 g/mol. The summed E-state index contributed by atoms with van der Waals surface area (Å²) in [6.45, 7) is 3.06. The maximum absolute atomic E-state index is 7.13. The highest BCUT2D eigenvalue weighted by Crippen LogP contribution is 1.89. The fourth-order valence-electron chi connectivity index (χ4n) is 0.511. The van der Waals surface area contributed by atoms with E-state index in [9.17, 15) is 0 Å². The average Bonchev–Trinajstić information content (AvgIpc) is 1.69. The highest BCUT2D eigenvalue weighted by atomic mass is 14.6. The molecule has 3 nitrogen and oxygen atoms in total. The van der Waals surface area contributed by atoms with Gasteiger partial charge < -0.3 is 16.9 Å². The van der Waals surface area contributed by atoms with Gasteiger partial charge in [-0.3, -0.25) is 0 Å². The van der Waals surface area contributed by atoms with Crippen LogP contribution in [0.25, 0.3) is 0 Å². The highest BCUT2D eigenvalue weighted by Gasteiger charge is 2.06. The summed E-state index contributed by atoms with van der Waals surface area (Å²) in [6, 6.07) is 0. The van der Waals surface area contributed by atoms with Gasteiger partial charge in [0.1, 0.15) is 0 Å². The summed E-state index contributed by atoms with van der Waals surface area (Å²) in [5.74, 6) is 0.204. The van der Waals surface area contributed by atoms with E-state index in [1.165, 1.54) is 0 Å². The molecule has 0 saturated carbocycles. The summed E-state index contributed by atoms with van der Waals surface area (Å²) >= 11 is 0. The molecule has 6 N–H and O–H groups in total. The quantitative estimate of drug-likeness (QED) is 0.400. The lowest BCUT2D eigenvalue weighted by atomic mass is 10.1. The van der Waals surface area contributed by atoms with Crippen molar-refractivity contribution in [1.29, 1.82) is 5.41 Å². The molecule has 1 unspecified atom stereocenters. The van der Waals surface area contributed by atoms with Crippen LogP contribution in [0.4, 0.5) is 0 Å². The molecular formula is C5H14N3+. The second-order valence-electron chi connectivity index (χ2n) is 1.90. The van der Waals surface area contributed by atoms with Gasteiger partial charge in [-0.2, -0.15) is 0 Å². The lowest BCUT2D eigenvalue weighted by Crippen LogP contribution is -2.56. The SMILES string of the molecule is CC(=N)C(CN)C[NH3+]. The molecule has 0 aliphatic carbocycles. The number of hydrogen-bond acceptors (Lipinski definition) is 2. The molecule has 0 aliphatic heterocycles. The van der Waals surface area contributed by atoms with Crippen molar-refractivity contribution in [3.63, 3.8) is 0 Å². The second kappa shape index (κ2) is 3.57. The van der Waals surface area contributed by atoms with E-state index in [4.69, 9.17) is 11.1 Å². The standard InChI is InChI=1S/C5H13N3/c1-4(8)5(2-6)3-7/h5,8H,2-3,6-7H2,1H3/p+1. The van der Waals surface area contributed by atoms with Crippen molar-refractivity contribution in [3.8, 4) is 0 Å². The number of hydrogen-bond donors (Lipinski definition) is 3. The maximum Gasteiger partial charge on any atom is 0.0833 e. The fourth-order valence-corrected chi connectivity index (χ4v) is 0.511. The third-order valence-corrected chi connectivity index (χ3v) is 1.25. The fraction of sp³-hybridized carbons (Fsp3) is 0.800. The first-order valence-electron chi connectivity index (χ1n) is 2.76. The van der Waals surface area contributed by atoms with E-state index >= 15 is 0 Å². The molecule has 0 spiro atoms. The van der Waals surface area contributed by atoms with Crippen LogP contribution in [-0.2, 0) is 0 Å². The Kier molecular flexibility index (Phi) is 3.39. The predicted molar refractivity (Wildman–Crippen MR) is 33.7 cm³/mol. The third-order valence-electron chi connectivity index (χ3n) is 1.25. The minimum Gasteiger partial charge on any atom is -0.357 e. The summed E-state index contributed by atoms with van der Waals surface area (Å²) in [5.41, 5.74) is 9.60. The van der Waals surface area contributed by atoms with Crippen LogP contribution in [0.1, 0.15) is 6.92 Å². The topological polar surface area (TPSA) is 77.5 Å². The first-order chi connectivity index (χ1) is 3.72. The predicted octanol–water partition coefficient (Wildman–Crippen LogP) is -1.16. The van der Waals surface area contributed by atoms with E-state index in [-0.39, 0.29) is 5.92 Å². The average molecular weight is 116 g/mol. The van der Waals surface area contributed by atoms with Gasteiger partial charge in [-0.05, 0) is 6.92 Å². The molecule has 0 aromatic carbocycles. The summed E-state index contributed by atoms with van der Waals surface area (Å²) < 4.78 is 0. The molecule has 0 fully saturated rings. The molecule has 0 rings (SSSR count). The molecule has 0 amide bonds. The Morgan fingerprint density at radius 2 is 2.38 bits per heavy atom. The minimum absolute atomic E-state index is 0.204. The molecule has 0 saturated heterocycles. The van der Waals surface area contributed by atoms with E-state index in [2.05, 4.69) is 5.73 Å². The second-order valence-corrected chi connectivity index (χ2v) is 1.90. The number of quaternary nitrogens is 1. The number of rotatable bonds is 3. The molecule has 0 radical (unpaired) electrons. The Morgan fingerprint density at radius 1 is 1.88 bits per heavy atom. The molecule has 0 heterocycles. The number of nitrogens with one attached hydrogen (secondary N) is 1. The van der Waals surface area contributed by atoms with Gasteiger partial charge in [-0.15, -0.1) is 0 Å². The van der Waals surface area contributed by atoms with E-state index < -0.39 is 0 Å². The zero-order valence-corrected chi connectivity index (χ0v) is 5.28. The lowest BCUT2D eigenvalue weighted by Gasteiger charge is -2.05. The van der Waals surface area contributed by atoms with Crippen molar-refractivity contribution in [2.75, 3.05) is 13.1 Å². The zero-order valence-electron chi connectivity index (χ0n) is 5.28. The van der Waals surface area contributed by atoms with Crippen LogP contribution in [-0.4, -0.2) is 18.8 Å². The van der Waals surface area contributed by atoms with Gasteiger partial charge in [0.05, 0.1) is 12.5 Å². The normalized spacial score (nSPS) is 13.4. The molecule has 1 atom stereocenters. The smallest absolute Gasteiger partial charge is 0.0833 e. The van der Waals surface area contributed by atoms with Gasteiger partial charge in [0.15, 0.2) is 0 Å². The van der Waals surface area contributed by atoms with Crippen molar-refractivity contribution < 1.29 is 5.73 Å². The Morgan fingerprint density at radius 3 is 2.38 bits per heavy atom. The molecule has 48 valence electrons. The van der Waals surface area contributed by atoms with E-state index in [0.29, 0.717) is 12.3 Å². The summed E-state index contributed by atoms with van der Waals surface area (Å²) in [7, 11) is 0. The van der Waals surface area contributed by atoms with E-state index in [0.717, 1.165) is 6.54 Å². The van der Waals surface area contributed by atoms with Crippen LogP contribution in [0.3, 0.4) is 0 Å². The van der Waals surface area contributed by atoms with Gasteiger partial charge in [-0.1, -0.05) is 0 Å². The molecule has 0 aromatic heterocycles. The van der Waals surface area contributed by atoms with E-state index in [1.807, 2.05) is 0 Å². The molecule has 3 heteroatoms. The van der Waals surface area contributed by atoms with Crippen LogP contribution < -0.4 is 11.5 Å². The molecule has 8 heavy (non-hydrogen) atoms. The van der Waals surface area contributed by atoms with Gasteiger partial charge in [-0.25, -0.2) is 0 Å². The highest BCUT2D eigenvalue weighted by molar-refractivity contribution is 5.81. The largest absolute Gasteiger partial charge is 0.357 e. The Hall–Kier alpha value is -0.410. The first kappa shape index (κ1) is 7.59. The first-order valence-corrected chi connectivity index (χ1v) is 2.76. The van der Waals surface area contributed by atoms with Crippen LogP contribution in [0.15, 0.2) is 0 Å². The van der Waals surface area contributed by atoms with Crippen molar-refractivity contribution in [3.05, 3.63) is 0 Å². The van der Waals surface area contributed by atoms with Crippen LogP contribution in [0.5, 0.6) is 0 Å². The Balaban J connectivity index is 3.52. The van der Waals surface area contributed by atoms with E-state index in [1.54, 1.807) is 6.92 Å². The van der Waals surface area contributed by atoms with Gasteiger partial charge in [0, 0.05) is 12.3 Å². The Bertz CT molecular complexity index is 75.7. The Labute approximate surface area is 49.6 Å². The van der Waals surface area contributed by atoms with Crippen LogP contribution in [0, 0.1) is 11.3 Å². The summed E-state index contributed by atoms with van der Waals surface area (Å²) in [5, 5.41) is 7.13. The lowest BCUT2D eigenvalue weighted by molar-refractivity contribution is -0.373. The summed E-state index contributed by atoms with van der Waals surface area (Å²) in [6.07, 6.45) is 0. The third kappa shape index (κ3) is 2.04. The summed E-state index contributed by atoms with van der Waals surface area (Å²) in [4.78, 5) is 0. The zero-order chi connectivity index (χ0) is 6.57. The van der Waals surface area contributed by atoms with Crippen LogP contribution >= 0.6 is 0 Å². The van der Waals surface area contributed by atoms with Crippen molar-refractivity contribution in [2.24, 2.45) is 11.7 Å². The van der Waals surface area contributed by atoms with Gasteiger partial charge >= 0.3 is 0 Å². The van der Waals surface area contributed by atoms with Crippen LogP contribution in [0.2, 0.25) is 0 Å². The molecule has 0 aliphatic rings. The van der Waals surface area contributed by atoms with Gasteiger partial charge in [0.2, 0.25) is 0 Å². The molecule has 0 bridgehead atoms.